The zero-order valence-corrected chi connectivity index (χ0v) is 8.19. The number of aliphatic hydroxyl groups excluding tert-OH is 1. The molecular formula is C11H14O3. The normalized spacial score (nSPS) is 9.86. The molecular weight excluding hydrogens is 180 g/mol. The van der Waals surface area contributed by atoms with Crippen molar-refractivity contribution in [2.75, 3.05) is 7.11 Å². The van der Waals surface area contributed by atoms with E-state index in [0.29, 0.717) is 12.8 Å². The van der Waals surface area contributed by atoms with E-state index in [4.69, 9.17) is 5.11 Å². The van der Waals surface area contributed by atoms with Gasteiger partial charge in [0, 0.05) is 6.42 Å². The fourth-order valence-electron chi connectivity index (χ4n) is 1.16. The zero-order valence-electron chi connectivity index (χ0n) is 8.19. The molecule has 1 rings (SSSR count). The topological polar surface area (TPSA) is 46.5 Å². The average molecular weight is 194 g/mol. The Hall–Kier alpha value is -1.35. The highest BCUT2D eigenvalue weighted by Crippen LogP contribution is 2.06. The van der Waals surface area contributed by atoms with Gasteiger partial charge in [-0.2, -0.15) is 0 Å². The molecule has 0 bridgehead atoms. The van der Waals surface area contributed by atoms with Gasteiger partial charge in [-0.1, -0.05) is 24.3 Å². The molecule has 0 aliphatic carbocycles. The molecule has 0 saturated carbocycles. The highest BCUT2D eigenvalue weighted by atomic mass is 16.5. The molecule has 0 fully saturated rings. The van der Waals surface area contributed by atoms with Gasteiger partial charge >= 0.3 is 5.97 Å². The Bertz CT molecular complexity index is 290. The van der Waals surface area contributed by atoms with Crippen LogP contribution in [-0.2, 0) is 22.6 Å². The third kappa shape index (κ3) is 3.18. The van der Waals surface area contributed by atoms with Crippen molar-refractivity contribution in [2.24, 2.45) is 0 Å². The Morgan fingerprint density at radius 2 is 1.86 bits per heavy atom. The molecule has 1 aromatic rings. The summed E-state index contributed by atoms with van der Waals surface area (Å²) in [5.41, 5.74) is 1.96. The first-order valence-electron chi connectivity index (χ1n) is 4.51. The Morgan fingerprint density at radius 3 is 2.36 bits per heavy atom. The Labute approximate surface area is 83.3 Å². The van der Waals surface area contributed by atoms with Crippen LogP contribution in [0.2, 0.25) is 0 Å². The number of methoxy groups -OCH3 is 1. The van der Waals surface area contributed by atoms with E-state index in [1.54, 1.807) is 0 Å². The third-order valence-electron chi connectivity index (χ3n) is 2.05. The van der Waals surface area contributed by atoms with Crippen LogP contribution in [0.3, 0.4) is 0 Å². The Morgan fingerprint density at radius 1 is 1.29 bits per heavy atom. The van der Waals surface area contributed by atoms with E-state index in [-0.39, 0.29) is 12.6 Å². The second-order valence-corrected chi connectivity index (χ2v) is 3.05. The maximum Gasteiger partial charge on any atom is 0.305 e. The van der Waals surface area contributed by atoms with Gasteiger partial charge in [0.2, 0.25) is 0 Å². The number of benzene rings is 1. The number of ether oxygens (including phenoxy) is 1. The largest absolute Gasteiger partial charge is 0.469 e. The van der Waals surface area contributed by atoms with Crippen LogP contribution in [0.25, 0.3) is 0 Å². The van der Waals surface area contributed by atoms with Crippen molar-refractivity contribution in [1.29, 1.82) is 0 Å². The molecule has 0 atom stereocenters. The van der Waals surface area contributed by atoms with E-state index >= 15 is 0 Å². The van der Waals surface area contributed by atoms with Crippen LogP contribution in [0.15, 0.2) is 24.3 Å². The summed E-state index contributed by atoms with van der Waals surface area (Å²) in [4.78, 5) is 10.8. The fourth-order valence-corrected chi connectivity index (χ4v) is 1.16. The van der Waals surface area contributed by atoms with Gasteiger partial charge in [0.1, 0.15) is 0 Å². The van der Waals surface area contributed by atoms with Crippen molar-refractivity contribution < 1.29 is 14.6 Å². The highest BCUT2D eigenvalue weighted by molar-refractivity contribution is 5.69. The summed E-state index contributed by atoms with van der Waals surface area (Å²) in [7, 11) is 1.39. The number of carbonyl (C=O) groups excluding carboxylic acids is 1. The van der Waals surface area contributed by atoms with Crippen LogP contribution in [0.1, 0.15) is 17.5 Å². The molecule has 1 aromatic carbocycles. The molecule has 0 amide bonds. The third-order valence-corrected chi connectivity index (χ3v) is 2.05. The van der Waals surface area contributed by atoms with Crippen LogP contribution in [0.4, 0.5) is 0 Å². The molecule has 0 radical (unpaired) electrons. The molecule has 0 aromatic heterocycles. The molecule has 0 spiro atoms. The zero-order chi connectivity index (χ0) is 10.4. The van der Waals surface area contributed by atoms with Crippen LogP contribution in [0, 0.1) is 0 Å². The van der Waals surface area contributed by atoms with Crippen LogP contribution in [-0.4, -0.2) is 18.2 Å². The van der Waals surface area contributed by atoms with E-state index in [0.717, 1.165) is 11.1 Å². The summed E-state index contributed by atoms with van der Waals surface area (Å²) < 4.78 is 4.54. The van der Waals surface area contributed by atoms with Gasteiger partial charge in [-0.25, -0.2) is 0 Å². The van der Waals surface area contributed by atoms with Crippen molar-refractivity contribution in [3.8, 4) is 0 Å². The predicted molar refractivity (Wildman–Crippen MR) is 52.7 cm³/mol. The number of carbonyl (C=O) groups is 1. The molecule has 0 heterocycles. The van der Waals surface area contributed by atoms with Gasteiger partial charge in [0.05, 0.1) is 13.7 Å². The molecule has 3 heteroatoms. The van der Waals surface area contributed by atoms with Crippen LogP contribution >= 0.6 is 0 Å². The molecule has 3 nitrogen and oxygen atoms in total. The maximum absolute atomic E-state index is 10.8. The fraction of sp³-hybridized carbons (Fsp3) is 0.364. The number of aliphatic hydroxyl groups is 1. The van der Waals surface area contributed by atoms with Gasteiger partial charge in [-0.15, -0.1) is 0 Å². The maximum atomic E-state index is 10.8. The molecule has 1 N–H and O–H groups in total. The average Bonchev–Trinajstić information content (AvgIpc) is 2.26. The molecule has 14 heavy (non-hydrogen) atoms. The lowest BCUT2D eigenvalue weighted by molar-refractivity contribution is -0.140. The summed E-state index contributed by atoms with van der Waals surface area (Å²) in [6, 6.07) is 7.53. The van der Waals surface area contributed by atoms with E-state index in [1.165, 1.54) is 7.11 Å². The number of hydrogen-bond donors (Lipinski definition) is 1. The van der Waals surface area contributed by atoms with Gasteiger partial charge in [0.15, 0.2) is 0 Å². The predicted octanol–water partition coefficient (Wildman–Crippen LogP) is 1.28. The minimum atomic E-state index is -0.198. The van der Waals surface area contributed by atoms with Crippen molar-refractivity contribution >= 4 is 5.97 Å². The van der Waals surface area contributed by atoms with Crippen LogP contribution < -0.4 is 0 Å². The molecule has 0 aliphatic rings. The van der Waals surface area contributed by atoms with Gasteiger partial charge in [0.25, 0.3) is 0 Å². The summed E-state index contributed by atoms with van der Waals surface area (Å²) in [6.45, 7) is 0.0529. The van der Waals surface area contributed by atoms with Gasteiger partial charge in [-0.05, 0) is 17.5 Å². The van der Waals surface area contributed by atoms with E-state index in [2.05, 4.69) is 4.74 Å². The number of rotatable bonds is 4. The van der Waals surface area contributed by atoms with E-state index in [9.17, 15) is 4.79 Å². The minimum Gasteiger partial charge on any atom is -0.469 e. The Kier molecular flexibility index (Phi) is 4.13. The van der Waals surface area contributed by atoms with Crippen molar-refractivity contribution in [1.82, 2.24) is 0 Å². The smallest absolute Gasteiger partial charge is 0.305 e. The van der Waals surface area contributed by atoms with Crippen molar-refractivity contribution in [3.63, 3.8) is 0 Å². The SMILES string of the molecule is COC(=O)CCc1ccc(CO)cc1. The summed E-state index contributed by atoms with van der Waals surface area (Å²) in [6.07, 6.45) is 1.08. The van der Waals surface area contributed by atoms with Crippen LogP contribution in [0.5, 0.6) is 0 Å². The standard InChI is InChI=1S/C11H14O3/c1-14-11(13)7-6-9-2-4-10(8-12)5-3-9/h2-5,12H,6-8H2,1H3. The molecule has 0 unspecified atom stereocenters. The Balaban J connectivity index is 2.47. The highest BCUT2D eigenvalue weighted by Gasteiger charge is 2.00. The molecule has 0 saturated heterocycles. The first-order valence-corrected chi connectivity index (χ1v) is 4.51. The van der Waals surface area contributed by atoms with Crippen molar-refractivity contribution in [3.05, 3.63) is 35.4 Å². The second-order valence-electron chi connectivity index (χ2n) is 3.05. The van der Waals surface area contributed by atoms with Crippen molar-refractivity contribution in [2.45, 2.75) is 19.4 Å². The number of esters is 1. The van der Waals surface area contributed by atoms with E-state index in [1.807, 2.05) is 24.3 Å². The second kappa shape index (κ2) is 5.40. The van der Waals surface area contributed by atoms with Gasteiger partial charge in [-0.3, -0.25) is 4.79 Å². The quantitative estimate of drug-likeness (QED) is 0.734. The molecule has 0 aliphatic heterocycles. The number of hydrogen-bond acceptors (Lipinski definition) is 3. The molecule has 76 valence electrons. The lowest BCUT2D eigenvalue weighted by atomic mass is 10.1. The monoisotopic (exact) mass is 194 g/mol. The van der Waals surface area contributed by atoms with Gasteiger partial charge < -0.3 is 9.84 Å². The number of aryl methyl sites for hydroxylation is 1. The first-order chi connectivity index (χ1) is 6.76. The lowest BCUT2D eigenvalue weighted by Crippen LogP contribution is -2.01. The summed E-state index contributed by atoms with van der Waals surface area (Å²) >= 11 is 0. The van der Waals surface area contributed by atoms with E-state index < -0.39 is 0 Å². The summed E-state index contributed by atoms with van der Waals surface area (Å²) in [5.74, 6) is -0.198. The minimum absolute atomic E-state index is 0.0529. The first kappa shape index (κ1) is 10.7. The summed E-state index contributed by atoms with van der Waals surface area (Å²) in [5, 5.41) is 8.81. The lowest BCUT2D eigenvalue weighted by Gasteiger charge is -2.01.